The summed E-state index contributed by atoms with van der Waals surface area (Å²) in [5.74, 6) is 0.0641. The lowest BCUT2D eigenvalue weighted by atomic mass is 10.1. The van der Waals surface area contributed by atoms with Crippen LogP contribution < -0.4 is 0 Å². The number of benzene rings is 1. The molecule has 0 fully saturated rings. The zero-order chi connectivity index (χ0) is 11.3. The number of hydrogen-bond acceptors (Lipinski definition) is 3. The topological polar surface area (TPSA) is 50.2 Å². The Morgan fingerprint density at radius 2 is 2.00 bits per heavy atom. The highest BCUT2D eigenvalue weighted by Crippen LogP contribution is 2.41. The summed E-state index contributed by atoms with van der Waals surface area (Å²) >= 11 is 0. The van der Waals surface area contributed by atoms with Crippen molar-refractivity contribution < 1.29 is 9.90 Å². The molecule has 1 aromatic heterocycles. The highest BCUT2D eigenvalue weighted by atomic mass is 16.3. The summed E-state index contributed by atoms with van der Waals surface area (Å²) in [5.41, 5.74) is 3.20. The number of ketones is 1. The van der Waals surface area contributed by atoms with Gasteiger partial charge in [-0.3, -0.25) is 9.78 Å². The van der Waals surface area contributed by atoms with Gasteiger partial charge in [0.2, 0.25) is 0 Å². The minimum absolute atomic E-state index is 0.0495. The molecule has 78 valence electrons. The quantitative estimate of drug-likeness (QED) is 0.620. The molecule has 3 rings (SSSR count). The van der Waals surface area contributed by atoms with Crippen LogP contribution in [0.15, 0.2) is 30.5 Å². The fourth-order valence-corrected chi connectivity index (χ4v) is 2.15. The zero-order valence-corrected chi connectivity index (χ0v) is 8.69. The van der Waals surface area contributed by atoms with E-state index in [4.69, 9.17) is 0 Å². The van der Waals surface area contributed by atoms with Gasteiger partial charge < -0.3 is 5.11 Å². The molecular formula is C13H9NO2. The predicted molar refractivity (Wildman–Crippen MR) is 59.5 cm³/mol. The summed E-state index contributed by atoms with van der Waals surface area (Å²) in [5, 5.41) is 9.79. The van der Waals surface area contributed by atoms with Gasteiger partial charge >= 0.3 is 0 Å². The van der Waals surface area contributed by atoms with E-state index in [0.717, 1.165) is 5.56 Å². The van der Waals surface area contributed by atoms with Crippen LogP contribution in [-0.4, -0.2) is 15.9 Å². The Morgan fingerprint density at radius 3 is 2.81 bits per heavy atom. The van der Waals surface area contributed by atoms with E-state index in [1.807, 2.05) is 6.92 Å². The first kappa shape index (κ1) is 9.09. The lowest BCUT2D eigenvalue weighted by Crippen LogP contribution is -1.98. The van der Waals surface area contributed by atoms with Crippen molar-refractivity contribution >= 4 is 5.78 Å². The standard InChI is InChI=1S/C13H9NO2/c1-7-5-6-14-12-10(7)13(16)8-3-2-4-9(15)11(8)12/h2-6,15H,1H3. The predicted octanol–water partition coefficient (Wildman–Crippen LogP) is 2.31. The maximum absolute atomic E-state index is 12.1. The highest BCUT2D eigenvalue weighted by molar-refractivity contribution is 6.22. The Hall–Kier alpha value is -2.16. The van der Waals surface area contributed by atoms with Crippen molar-refractivity contribution in [2.75, 3.05) is 0 Å². The van der Waals surface area contributed by atoms with Gasteiger partial charge in [-0.05, 0) is 24.6 Å². The maximum Gasteiger partial charge on any atom is 0.196 e. The van der Waals surface area contributed by atoms with E-state index in [2.05, 4.69) is 4.98 Å². The number of nitrogens with zero attached hydrogens (tertiary/aromatic N) is 1. The molecule has 0 bridgehead atoms. The summed E-state index contributed by atoms with van der Waals surface area (Å²) in [6, 6.07) is 6.77. The number of carbonyl (C=O) groups is 1. The molecule has 0 unspecified atom stereocenters. The van der Waals surface area contributed by atoms with Crippen LogP contribution in [0.25, 0.3) is 11.3 Å². The molecule has 0 saturated carbocycles. The number of rotatable bonds is 0. The summed E-state index contributed by atoms with van der Waals surface area (Å²) in [6.45, 7) is 1.88. The summed E-state index contributed by atoms with van der Waals surface area (Å²) in [7, 11) is 0. The van der Waals surface area contributed by atoms with Crippen LogP contribution >= 0.6 is 0 Å². The number of carbonyl (C=O) groups excluding carboxylic acids is 1. The smallest absolute Gasteiger partial charge is 0.196 e. The molecule has 3 heteroatoms. The van der Waals surface area contributed by atoms with Crippen molar-refractivity contribution in [3.63, 3.8) is 0 Å². The van der Waals surface area contributed by atoms with Gasteiger partial charge in [-0.15, -0.1) is 0 Å². The third-order valence-corrected chi connectivity index (χ3v) is 2.91. The molecule has 0 amide bonds. The molecular weight excluding hydrogens is 202 g/mol. The molecule has 2 aromatic rings. The van der Waals surface area contributed by atoms with Crippen molar-refractivity contribution in [3.05, 3.63) is 47.2 Å². The number of hydrogen-bond donors (Lipinski definition) is 1. The molecule has 16 heavy (non-hydrogen) atoms. The van der Waals surface area contributed by atoms with E-state index < -0.39 is 0 Å². The van der Waals surface area contributed by atoms with Gasteiger partial charge in [0, 0.05) is 11.8 Å². The molecule has 1 aliphatic rings. The Kier molecular flexibility index (Phi) is 1.66. The van der Waals surface area contributed by atoms with Gasteiger partial charge in [0.1, 0.15) is 5.75 Å². The number of fused-ring (bicyclic) bond motifs is 3. The Morgan fingerprint density at radius 1 is 1.19 bits per heavy atom. The van der Waals surface area contributed by atoms with Gasteiger partial charge in [-0.1, -0.05) is 12.1 Å². The van der Waals surface area contributed by atoms with Crippen LogP contribution in [0.4, 0.5) is 0 Å². The summed E-state index contributed by atoms with van der Waals surface area (Å²) in [4.78, 5) is 16.3. The summed E-state index contributed by atoms with van der Waals surface area (Å²) in [6.07, 6.45) is 1.66. The molecule has 0 spiro atoms. The van der Waals surface area contributed by atoms with Crippen molar-refractivity contribution in [3.8, 4) is 17.0 Å². The molecule has 0 saturated heterocycles. The molecule has 0 radical (unpaired) electrons. The van der Waals surface area contributed by atoms with Gasteiger partial charge in [-0.25, -0.2) is 0 Å². The number of aromatic hydroxyl groups is 1. The third-order valence-electron chi connectivity index (χ3n) is 2.91. The number of phenolic OH excluding ortho intramolecular Hbond substituents is 1. The van der Waals surface area contributed by atoms with Crippen molar-refractivity contribution in [2.24, 2.45) is 0 Å². The van der Waals surface area contributed by atoms with E-state index in [-0.39, 0.29) is 11.5 Å². The lowest BCUT2D eigenvalue weighted by molar-refractivity contribution is 0.104. The Labute approximate surface area is 92.4 Å². The number of pyridine rings is 1. The van der Waals surface area contributed by atoms with Gasteiger partial charge in [0.15, 0.2) is 5.78 Å². The number of aryl methyl sites for hydroxylation is 1. The highest BCUT2D eigenvalue weighted by Gasteiger charge is 2.31. The fourth-order valence-electron chi connectivity index (χ4n) is 2.15. The van der Waals surface area contributed by atoms with E-state index in [1.54, 1.807) is 30.5 Å². The second kappa shape index (κ2) is 2.92. The van der Waals surface area contributed by atoms with E-state index in [0.29, 0.717) is 22.4 Å². The Balaban J connectivity index is 2.46. The average molecular weight is 211 g/mol. The van der Waals surface area contributed by atoms with Crippen LogP contribution in [-0.2, 0) is 0 Å². The number of aromatic nitrogens is 1. The van der Waals surface area contributed by atoms with Crippen LogP contribution in [0.2, 0.25) is 0 Å². The maximum atomic E-state index is 12.1. The largest absolute Gasteiger partial charge is 0.507 e. The molecule has 1 aliphatic carbocycles. The molecule has 1 aromatic carbocycles. The zero-order valence-electron chi connectivity index (χ0n) is 8.69. The van der Waals surface area contributed by atoms with Crippen LogP contribution in [0.5, 0.6) is 5.75 Å². The van der Waals surface area contributed by atoms with Crippen molar-refractivity contribution in [1.29, 1.82) is 0 Å². The van der Waals surface area contributed by atoms with Crippen LogP contribution in [0, 0.1) is 6.92 Å². The van der Waals surface area contributed by atoms with Gasteiger partial charge in [0.25, 0.3) is 0 Å². The minimum Gasteiger partial charge on any atom is -0.507 e. The normalized spacial score (nSPS) is 12.4. The van der Waals surface area contributed by atoms with E-state index >= 15 is 0 Å². The minimum atomic E-state index is -0.0495. The second-order valence-corrected chi connectivity index (χ2v) is 3.88. The molecule has 1 heterocycles. The fraction of sp³-hybridized carbons (Fsp3) is 0.0769. The van der Waals surface area contributed by atoms with Crippen molar-refractivity contribution in [2.45, 2.75) is 6.92 Å². The first-order valence-corrected chi connectivity index (χ1v) is 5.03. The Bertz CT molecular complexity index is 617. The number of phenols is 1. The monoisotopic (exact) mass is 211 g/mol. The molecule has 3 nitrogen and oxygen atoms in total. The lowest BCUT2D eigenvalue weighted by Gasteiger charge is -2.01. The van der Waals surface area contributed by atoms with E-state index in [1.165, 1.54) is 0 Å². The summed E-state index contributed by atoms with van der Waals surface area (Å²) < 4.78 is 0. The molecule has 0 atom stereocenters. The van der Waals surface area contributed by atoms with Gasteiger partial charge in [0.05, 0.1) is 16.8 Å². The third kappa shape index (κ3) is 0.972. The van der Waals surface area contributed by atoms with Crippen molar-refractivity contribution in [1.82, 2.24) is 4.98 Å². The van der Waals surface area contributed by atoms with E-state index in [9.17, 15) is 9.90 Å². The average Bonchev–Trinajstić information content (AvgIpc) is 2.56. The molecule has 0 aliphatic heterocycles. The second-order valence-electron chi connectivity index (χ2n) is 3.88. The molecule has 1 N–H and O–H groups in total. The first-order chi connectivity index (χ1) is 7.70. The van der Waals surface area contributed by atoms with Crippen LogP contribution in [0.3, 0.4) is 0 Å². The van der Waals surface area contributed by atoms with Gasteiger partial charge in [-0.2, -0.15) is 0 Å². The van der Waals surface area contributed by atoms with Crippen LogP contribution in [0.1, 0.15) is 21.5 Å². The first-order valence-electron chi connectivity index (χ1n) is 5.03. The SMILES string of the molecule is Cc1ccnc2c1C(=O)c1cccc(O)c1-2.